The van der Waals surface area contributed by atoms with Crippen molar-refractivity contribution in [2.45, 2.75) is 45.8 Å². The van der Waals surface area contributed by atoms with Gasteiger partial charge in [-0.3, -0.25) is 13.9 Å². The lowest BCUT2D eigenvalue weighted by molar-refractivity contribution is -0.140. The molecule has 3 aromatic rings. The van der Waals surface area contributed by atoms with E-state index in [4.69, 9.17) is 4.74 Å². The fourth-order valence-electron chi connectivity index (χ4n) is 4.30. The van der Waals surface area contributed by atoms with E-state index in [1.165, 1.54) is 4.90 Å². The van der Waals surface area contributed by atoms with E-state index in [1.54, 1.807) is 37.4 Å². The predicted molar refractivity (Wildman–Crippen MR) is 154 cm³/mol. The van der Waals surface area contributed by atoms with Gasteiger partial charge in [-0.05, 0) is 61.7 Å². The van der Waals surface area contributed by atoms with Crippen molar-refractivity contribution in [1.82, 2.24) is 10.2 Å². The number of amides is 2. The van der Waals surface area contributed by atoms with Gasteiger partial charge in [-0.1, -0.05) is 54.6 Å². The first-order valence-electron chi connectivity index (χ1n) is 12.8. The summed E-state index contributed by atoms with van der Waals surface area (Å²) in [6.07, 6.45) is 1.33. The molecule has 0 aliphatic carbocycles. The number of sulfonamides is 1. The number of ether oxygens (including phenoxy) is 1. The predicted octanol–water partition coefficient (Wildman–Crippen LogP) is 3.93. The second-order valence-corrected chi connectivity index (χ2v) is 11.8. The fourth-order valence-corrected chi connectivity index (χ4v) is 5.14. The molecule has 0 aliphatic heterocycles. The molecule has 0 saturated heterocycles. The molecule has 9 heteroatoms. The van der Waals surface area contributed by atoms with Crippen molar-refractivity contribution in [2.24, 2.45) is 0 Å². The van der Waals surface area contributed by atoms with Gasteiger partial charge in [-0.15, -0.1) is 0 Å². The first kappa shape index (κ1) is 29.7. The van der Waals surface area contributed by atoms with Crippen molar-refractivity contribution in [2.75, 3.05) is 24.2 Å². The first-order chi connectivity index (χ1) is 18.5. The Morgan fingerprint density at radius 3 is 2.21 bits per heavy atom. The van der Waals surface area contributed by atoms with Gasteiger partial charge in [-0.25, -0.2) is 8.42 Å². The second-order valence-electron chi connectivity index (χ2n) is 9.85. The summed E-state index contributed by atoms with van der Waals surface area (Å²) in [6, 6.07) is 22.6. The lowest BCUT2D eigenvalue weighted by atomic mass is 10.0. The normalized spacial score (nSPS) is 12.1. The molecule has 0 heterocycles. The number of aryl methyl sites for hydroxylation is 1. The fraction of sp³-hybridized carbons (Fsp3) is 0.333. The number of benzene rings is 3. The number of nitrogens with one attached hydrogen (secondary N) is 1. The van der Waals surface area contributed by atoms with Gasteiger partial charge in [0.1, 0.15) is 18.3 Å². The summed E-state index contributed by atoms with van der Waals surface area (Å²) in [4.78, 5) is 29.1. The van der Waals surface area contributed by atoms with Gasteiger partial charge in [0.15, 0.2) is 0 Å². The van der Waals surface area contributed by atoms with Crippen molar-refractivity contribution >= 4 is 27.5 Å². The first-order valence-corrected chi connectivity index (χ1v) is 14.6. The number of anilines is 1. The number of carbonyl (C=O) groups excluding carboxylic acids is 2. The lowest BCUT2D eigenvalue weighted by Gasteiger charge is -2.34. The Bertz CT molecular complexity index is 1380. The van der Waals surface area contributed by atoms with Crippen molar-refractivity contribution < 1.29 is 22.7 Å². The number of hydrogen-bond donors (Lipinski definition) is 1. The highest BCUT2D eigenvalue weighted by Gasteiger charge is 2.33. The third kappa shape index (κ3) is 8.58. The number of nitrogens with zero attached hydrogens (tertiary/aromatic N) is 2. The van der Waals surface area contributed by atoms with E-state index in [1.807, 2.05) is 69.3 Å². The molecule has 208 valence electrons. The smallest absolute Gasteiger partial charge is 0.244 e. The zero-order valence-electron chi connectivity index (χ0n) is 23.1. The average Bonchev–Trinajstić information content (AvgIpc) is 2.88. The Hall–Kier alpha value is -3.85. The summed E-state index contributed by atoms with van der Waals surface area (Å²) in [7, 11) is -2.25. The van der Waals surface area contributed by atoms with Gasteiger partial charge < -0.3 is 15.0 Å². The Morgan fingerprint density at radius 2 is 1.59 bits per heavy atom. The van der Waals surface area contributed by atoms with Crippen LogP contribution in [0.1, 0.15) is 30.5 Å². The maximum atomic E-state index is 14.0. The van der Waals surface area contributed by atoms with Crippen LogP contribution >= 0.6 is 0 Å². The molecule has 0 aromatic heterocycles. The molecule has 0 spiro atoms. The molecular weight excluding hydrogens is 514 g/mol. The van der Waals surface area contributed by atoms with Crippen LogP contribution in [-0.2, 0) is 32.6 Å². The average molecular weight is 552 g/mol. The molecule has 0 radical (unpaired) electrons. The maximum Gasteiger partial charge on any atom is 0.244 e. The largest absolute Gasteiger partial charge is 0.497 e. The monoisotopic (exact) mass is 551 g/mol. The Kier molecular flexibility index (Phi) is 10.1. The molecule has 8 nitrogen and oxygen atoms in total. The van der Waals surface area contributed by atoms with Crippen molar-refractivity contribution in [1.29, 1.82) is 0 Å². The lowest BCUT2D eigenvalue weighted by Crippen LogP contribution is -2.54. The topological polar surface area (TPSA) is 96.0 Å². The van der Waals surface area contributed by atoms with Crippen molar-refractivity contribution in [3.63, 3.8) is 0 Å². The summed E-state index contributed by atoms with van der Waals surface area (Å²) in [5.41, 5.74) is 2.88. The van der Waals surface area contributed by atoms with E-state index in [9.17, 15) is 18.0 Å². The van der Waals surface area contributed by atoms with E-state index in [0.717, 1.165) is 27.3 Å². The molecule has 0 unspecified atom stereocenters. The quantitative estimate of drug-likeness (QED) is 0.368. The molecule has 1 atom stereocenters. The minimum absolute atomic E-state index is 0.0878. The van der Waals surface area contributed by atoms with E-state index < -0.39 is 28.5 Å². The minimum atomic E-state index is -3.81. The van der Waals surface area contributed by atoms with Crippen LogP contribution in [0.4, 0.5) is 5.69 Å². The SMILES string of the molecule is COc1cccc(CN(C(=O)CN(c2cccc(C)c2)S(C)(=O)=O)[C@@H](Cc2ccccc2)C(=O)NC(C)C)c1. The van der Waals surface area contributed by atoms with Crippen LogP contribution in [-0.4, -0.2) is 57.1 Å². The second kappa shape index (κ2) is 13.3. The highest BCUT2D eigenvalue weighted by atomic mass is 32.2. The Labute approximate surface area is 231 Å². The van der Waals surface area contributed by atoms with Gasteiger partial charge >= 0.3 is 0 Å². The van der Waals surface area contributed by atoms with E-state index in [-0.39, 0.29) is 24.9 Å². The van der Waals surface area contributed by atoms with Crippen LogP contribution in [0.5, 0.6) is 5.75 Å². The summed E-state index contributed by atoms with van der Waals surface area (Å²) in [5, 5.41) is 2.94. The molecule has 0 fully saturated rings. The molecule has 3 rings (SSSR count). The zero-order valence-corrected chi connectivity index (χ0v) is 23.9. The number of carbonyl (C=O) groups is 2. The Morgan fingerprint density at radius 1 is 0.923 bits per heavy atom. The maximum absolute atomic E-state index is 14.0. The third-order valence-corrected chi connectivity index (χ3v) is 7.30. The van der Waals surface area contributed by atoms with Crippen molar-refractivity contribution in [3.05, 3.63) is 95.6 Å². The zero-order chi connectivity index (χ0) is 28.6. The van der Waals surface area contributed by atoms with Crippen LogP contribution in [0.15, 0.2) is 78.9 Å². The highest BCUT2D eigenvalue weighted by Crippen LogP contribution is 2.22. The molecule has 1 N–H and O–H groups in total. The Balaban J connectivity index is 2.07. The minimum Gasteiger partial charge on any atom is -0.497 e. The van der Waals surface area contributed by atoms with Gasteiger partial charge in [0.05, 0.1) is 19.1 Å². The summed E-state index contributed by atoms with van der Waals surface area (Å²) >= 11 is 0. The number of methoxy groups -OCH3 is 1. The van der Waals surface area contributed by atoms with Crippen LogP contribution in [0.25, 0.3) is 0 Å². The van der Waals surface area contributed by atoms with Gasteiger partial charge in [-0.2, -0.15) is 0 Å². The van der Waals surface area contributed by atoms with Crippen LogP contribution in [0.2, 0.25) is 0 Å². The van der Waals surface area contributed by atoms with Crippen LogP contribution in [0.3, 0.4) is 0 Å². The van der Waals surface area contributed by atoms with Crippen LogP contribution in [0, 0.1) is 6.92 Å². The molecule has 39 heavy (non-hydrogen) atoms. The number of hydrogen-bond acceptors (Lipinski definition) is 5. The summed E-state index contributed by atoms with van der Waals surface area (Å²) in [6.45, 7) is 5.20. The summed E-state index contributed by atoms with van der Waals surface area (Å²) < 4.78 is 32.1. The molecule has 0 bridgehead atoms. The van der Waals surface area contributed by atoms with Gasteiger partial charge in [0, 0.05) is 19.0 Å². The highest BCUT2D eigenvalue weighted by molar-refractivity contribution is 7.92. The number of rotatable bonds is 12. The summed E-state index contributed by atoms with van der Waals surface area (Å²) in [5.74, 6) is -0.195. The van der Waals surface area contributed by atoms with Gasteiger partial charge in [0.25, 0.3) is 0 Å². The molecule has 0 saturated carbocycles. The van der Waals surface area contributed by atoms with E-state index >= 15 is 0 Å². The van der Waals surface area contributed by atoms with E-state index in [2.05, 4.69) is 5.32 Å². The molecular formula is C30H37N3O5S. The third-order valence-electron chi connectivity index (χ3n) is 6.16. The van der Waals surface area contributed by atoms with Gasteiger partial charge in [0.2, 0.25) is 21.8 Å². The van der Waals surface area contributed by atoms with Crippen molar-refractivity contribution in [3.8, 4) is 5.75 Å². The molecule has 0 aliphatic rings. The van der Waals surface area contributed by atoms with Crippen LogP contribution < -0.4 is 14.4 Å². The molecule has 3 aromatic carbocycles. The standard InChI is InChI=1S/C30H37N3O5S/c1-22(2)31-30(35)28(19-24-12-7-6-8-13-24)32(20-25-14-10-16-27(18-25)38-4)29(34)21-33(39(5,36)37)26-15-9-11-23(3)17-26/h6-18,22,28H,19-21H2,1-5H3,(H,31,35)/t28-/m0/s1. The van der Waals surface area contributed by atoms with E-state index in [0.29, 0.717) is 11.4 Å². The molecule has 2 amide bonds.